The van der Waals surface area contributed by atoms with Crippen LogP contribution < -0.4 is 0 Å². The van der Waals surface area contributed by atoms with Gasteiger partial charge in [-0.05, 0) is 37.8 Å². The highest BCUT2D eigenvalue weighted by Gasteiger charge is 2.24. The molecule has 2 unspecified atom stereocenters. The number of alkyl halides is 1. The normalized spacial score (nSPS) is 29.7. The third-order valence-electron chi connectivity index (χ3n) is 4.88. The summed E-state index contributed by atoms with van der Waals surface area (Å²) in [5, 5.41) is 5.17. The molecule has 1 aliphatic heterocycles. The Bertz CT molecular complexity index is 425. The molecule has 112 valence electrons. The standard InChI is InChI=1S/C16H26ClN3/c1-13-11-19(9-8-16(13)17)12-14-7-10-20(18-14)15-5-3-2-4-6-15/h7,10,13,15-16H,2-6,8-9,11-12H2,1H3. The zero-order valence-electron chi connectivity index (χ0n) is 12.5. The minimum atomic E-state index is 0.353. The van der Waals surface area contributed by atoms with Crippen molar-refractivity contribution in [3.63, 3.8) is 0 Å². The molecule has 1 saturated carbocycles. The van der Waals surface area contributed by atoms with Gasteiger partial charge in [0.1, 0.15) is 0 Å². The van der Waals surface area contributed by atoms with E-state index in [-0.39, 0.29) is 0 Å². The third-order valence-corrected chi connectivity index (χ3v) is 5.53. The molecular formula is C16H26ClN3. The van der Waals surface area contributed by atoms with E-state index in [4.69, 9.17) is 16.7 Å². The van der Waals surface area contributed by atoms with E-state index in [0.717, 1.165) is 26.1 Å². The summed E-state index contributed by atoms with van der Waals surface area (Å²) < 4.78 is 2.21. The lowest BCUT2D eigenvalue weighted by atomic mass is 9.96. The molecule has 2 aliphatic rings. The molecular weight excluding hydrogens is 270 g/mol. The molecule has 2 heterocycles. The van der Waals surface area contributed by atoms with Crippen molar-refractivity contribution in [3.05, 3.63) is 18.0 Å². The van der Waals surface area contributed by atoms with Crippen LogP contribution in [-0.2, 0) is 6.54 Å². The van der Waals surface area contributed by atoms with Gasteiger partial charge < -0.3 is 0 Å². The first-order chi connectivity index (χ1) is 9.72. The van der Waals surface area contributed by atoms with Gasteiger partial charge in [-0.1, -0.05) is 26.2 Å². The first-order valence-electron chi connectivity index (χ1n) is 8.13. The maximum atomic E-state index is 6.29. The van der Waals surface area contributed by atoms with E-state index >= 15 is 0 Å². The smallest absolute Gasteiger partial charge is 0.0764 e. The molecule has 4 heteroatoms. The highest BCUT2D eigenvalue weighted by molar-refractivity contribution is 6.20. The Morgan fingerprint density at radius 2 is 2.05 bits per heavy atom. The van der Waals surface area contributed by atoms with Gasteiger partial charge in [0, 0.05) is 24.7 Å². The summed E-state index contributed by atoms with van der Waals surface area (Å²) in [5.74, 6) is 0.589. The van der Waals surface area contributed by atoms with Crippen molar-refractivity contribution >= 4 is 11.6 Å². The van der Waals surface area contributed by atoms with Crippen LogP contribution in [0.1, 0.15) is 57.2 Å². The summed E-state index contributed by atoms with van der Waals surface area (Å²) in [4.78, 5) is 2.50. The minimum Gasteiger partial charge on any atom is -0.297 e. The van der Waals surface area contributed by atoms with Crippen LogP contribution in [0, 0.1) is 5.92 Å². The highest BCUT2D eigenvalue weighted by Crippen LogP contribution is 2.28. The number of nitrogens with zero attached hydrogens (tertiary/aromatic N) is 3. The summed E-state index contributed by atoms with van der Waals surface area (Å²) >= 11 is 6.29. The summed E-state index contributed by atoms with van der Waals surface area (Å²) in [7, 11) is 0. The Morgan fingerprint density at radius 3 is 2.80 bits per heavy atom. The van der Waals surface area contributed by atoms with Crippen molar-refractivity contribution in [1.29, 1.82) is 0 Å². The molecule has 1 aromatic rings. The second-order valence-corrected chi connectivity index (χ2v) is 7.16. The zero-order valence-corrected chi connectivity index (χ0v) is 13.2. The first kappa shape index (κ1) is 14.4. The van der Waals surface area contributed by atoms with Crippen LogP contribution in [0.15, 0.2) is 12.3 Å². The molecule has 1 saturated heterocycles. The van der Waals surface area contributed by atoms with Crippen LogP contribution in [-0.4, -0.2) is 33.1 Å². The summed E-state index contributed by atoms with van der Waals surface area (Å²) in [6.45, 7) is 5.44. The van der Waals surface area contributed by atoms with Gasteiger partial charge in [-0.25, -0.2) is 0 Å². The van der Waals surface area contributed by atoms with E-state index < -0.39 is 0 Å². The molecule has 1 aliphatic carbocycles. The van der Waals surface area contributed by atoms with Crippen LogP contribution in [0.4, 0.5) is 0 Å². The van der Waals surface area contributed by atoms with Crippen LogP contribution in [0.3, 0.4) is 0 Å². The van der Waals surface area contributed by atoms with Gasteiger partial charge in [-0.15, -0.1) is 11.6 Å². The molecule has 0 N–H and O–H groups in total. The Kier molecular flexibility index (Phi) is 4.67. The quantitative estimate of drug-likeness (QED) is 0.790. The van der Waals surface area contributed by atoms with Crippen molar-refractivity contribution in [2.45, 2.75) is 63.4 Å². The van der Waals surface area contributed by atoms with Crippen LogP contribution in [0.5, 0.6) is 0 Å². The van der Waals surface area contributed by atoms with Gasteiger partial charge in [-0.2, -0.15) is 5.10 Å². The molecule has 0 radical (unpaired) electrons. The number of hydrogen-bond acceptors (Lipinski definition) is 2. The van der Waals surface area contributed by atoms with E-state index in [0.29, 0.717) is 17.3 Å². The minimum absolute atomic E-state index is 0.353. The van der Waals surface area contributed by atoms with Gasteiger partial charge in [-0.3, -0.25) is 9.58 Å². The van der Waals surface area contributed by atoms with Crippen molar-refractivity contribution in [2.75, 3.05) is 13.1 Å². The highest BCUT2D eigenvalue weighted by atomic mass is 35.5. The number of rotatable bonds is 3. The maximum absolute atomic E-state index is 6.29. The van der Waals surface area contributed by atoms with Crippen molar-refractivity contribution in [2.24, 2.45) is 5.92 Å². The number of piperidine rings is 1. The van der Waals surface area contributed by atoms with Crippen molar-refractivity contribution in [3.8, 4) is 0 Å². The number of hydrogen-bond donors (Lipinski definition) is 0. The van der Waals surface area contributed by atoms with E-state index in [9.17, 15) is 0 Å². The zero-order chi connectivity index (χ0) is 13.9. The topological polar surface area (TPSA) is 21.1 Å². The van der Waals surface area contributed by atoms with Gasteiger partial charge in [0.05, 0.1) is 11.7 Å². The molecule has 2 fully saturated rings. The van der Waals surface area contributed by atoms with E-state index in [1.165, 1.54) is 37.8 Å². The van der Waals surface area contributed by atoms with Crippen LogP contribution in [0.2, 0.25) is 0 Å². The predicted molar refractivity (Wildman–Crippen MR) is 83.0 cm³/mol. The van der Waals surface area contributed by atoms with E-state index in [2.05, 4.69) is 28.8 Å². The first-order valence-corrected chi connectivity index (χ1v) is 8.56. The molecule has 0 amide bonds. The Morgan fingerprint density at radius 1 is 1.25 bits per heavy atom. The Labute approximate surface area is 127 Å². The molecule has 0 spiro atoms. The summed E-state index contributed by atoms with van der Waals surface area (Å²) in [6.07, 6.45) is 10.0. The van der Waals surface area contributed by atoms with Crippen molar-refractivity contribution < 1.29 is 0 Å². The van der Waals surface area contributed by atoms with Crippen LogP contribution in [0.25, 0.3) is 0 Å². The Balaban J connectivity index is 1.57. The maximum Gasteiger partial charge on any atom is 0.0764 e. The van der Waals surface area contributed by atoms with Gasteiger partial charge in [0.25, 0.3) is 0 Å². The van der Waals surface area contributed by atoms with E-state index in [1.54, 1.807) is 0 Å². The van der Waals surface area contributed by atoms with Gasteiger partial charge in [0.2, 0.25) is 0 Å². The summed E-state index contributed by atoms with van der Waals surface area (Å²) in [6, 6.07) is 2.84. The fraction of sp³-hybridized carbons (Fsp3) is 0.812. The Hall–Kier alpha value is -0.540. The molecule has 3 nitrogen and oxygen atoms in total. The fourth-order valence-corrected chi connectivity index (χ4v) is 3.76. The monoisotopic (exact) mass is 295 g/mol. The second-order valence-electron chi connectivity index (χ2n) is 6.60. The third kappa shape index (κ3) is 3.37. The number of aromatic nitrogens is 2. The van der Waals surface area contributed by atoms with E-state index in [1.807, 2.05) is 0 Å². The largest absolute Gasteiger partial charge is 0.297 e. The fourth-order valence-electron chi connectivity index (χ4n) is 3.59. The molecule has 2 atom stereocenters. The molecule has 3 rings (SSSR count). The lowest BCUT2D eigenvalue weighted by Gasteiger charge is -2.33. The number of halogens is 1. The summed E-state index contributed by atoms with van der Waals surface area (Å²) in [5.41, 5.74) is 1.22. The molecule has 0 bridgehead atoms. The van der Waals surface area contributed by atoms with Gasteiger partial charge >= 0.3 is 0 Å². The lowest BCUT2D eigenvalue weighted by molar-refractivity contribution is 0.177. The second kappa shape index (κ2) is 6.48. The van der Waals surface area contributed by atoms with Gasteiger partial charge in [0.15, 0.2) is 0 Å². The van der Waals surface area contributed by atoms with Crippen molar-refractivity contribution in [1.82, 2.24) is 14.7 Å². The average molecular weight is 296 g/mol. The molecule has 0 aromatic carbocycles. The average Bonchev–Trinajstić information content (AvgIpc) is 2.92. The predicted octanol–water partition coefficient (Wildman–Crippen LogP) is 3.84. The van der Waals surface area contributed by atoms with Crippen LogP contribution >= 0.6 is 11.6 Å². The lowest BCUT2D eigenvalue weighted by Crippen LogP contribution is -2.39. The molecule has 1 aromatic heterocycles. The SMILES string of the molecule is CC1CN(Cc2ccn(C3CCCCC3)n2)CCC1Cl. The number of likely N-dealkylation sites (tertiary alicyclic amines) is 1. The molecule has 20 heavy (non-hydrogen) atoms.